The van der Waals surface area contributed by atoms with Crippen LogP contribution in [0, 0.1) is 31.6 Å². The molecule has 8 nitrogen and oxygen atoms in total. The van der Waals surface area contributed by atoms with E-state index in [0.29, 0.717) is 19.6 Å². The topological polar surface area (TPSA) is 90.4 Å². The molecule has 6 atom stereocenters. The maximum atomic E-state index is 14.8. The third kappa shape index (κ3) is 4.54. The second-order valence-corrected chi connectivity index (χ2v) is 13.0. The molecule has 4 aliphatic rings. The normalized spacial score (nSPS) is 30.8. The van der Waals surface area contributed by atoms with Crippen LogP contribution >= 0.6 is 0 Å². The Hall–Kier alpha value is -3.75. The van der Waals surface area contributed by atoms with E-state index in [-0.39, 0.29) is 30.2 Å². The fraction of sp³-hybridized carbons (Fsp3) is 0.457. The number of rotatable bonds is 6. The van der Waals surface area contributed by atoms with E-state index in [1.807, 2.05) is 107 Å². The van der Waals surface area contributed by atoms with Gasteiger partial charge in [0.05, 0.1) is 30.1 Å². The van der Waals surface area contributed by atoms with Crippen molar-refractivity contribution in [2.45, 2.75) is 64.4 Å². The molecule has 2 saturated heterocycles. The molecule has 4 aliphatic heterocycles. The number of hydrogen-bond donors (Lipinski definition) is 1. The SMILES string of the molecule is Cc1ccc(C)c(N2CC=C[C@]34O[C@]5(C)C=CCN(Cc6ccccc6)C(=O)[C@@H]5[C@H]3C(=O)N([C@@H](CO)C(C)C)C4C2=O)c1. The third-order valence-corrected chi connectivity index (χ3v) is 9.76. The van der Waals surface area contributed by atoms with Crippen molar-refractivity contribution < 1.29 is 24.2 Å². The monoisotopic (exact) mass is 583 g/mol. The predicted octanol–water partition coefficient (Wildman–Crippen LogP) is 3.79. The number of hydrogen-bond acceptors (Lipinski definition) is 5. The Kier molecular flexibility index (Phi) is 7.33. The molecular weight excluding hydrogens is 542 g/mol. The number of aliphatic hydroxyl groups excluding tert-OH is 1. The van der Waals surface area contributed by atoms with Crippen molar-refractivity contribution >= 4 is 23.4 Å². The first kappa shape index (κ1) is 29.3. The van der Waals surface area contributed by atoms with Gasteiger partial charge in [-0.3, -0.25) is 14.4 Å². The Morgan fingerprint density at radius 3 is 2.35 bits per heavy atom. The minimum Gasteiger partial charge on any atom is -0.394 e. The summed E-state index contributed by atoms with van der Waals surface area (Å²) in [5.74, 6) is -2.67. The van der Waals surface area contributed by atoms with E-state index in [2.05, 4.69) is 0 Å². The van der Waals surface area contributed by atoms with Crippen molar-refractivity contribution in [2.75, 3.05) is 24.6 Å². The van der Waals surface area contributed by atoms with Crippen molar-refractivity contribution in [1.29, 1.82) is 0 Å². The number of anilines is 1. The average Bonchev–Trinajstić information content (AvgIpc) is 3.24. The molecule has 0 aliphatic carbocycles. The van der Waals surface area contributed by atoms with Gasteiger partial charge in [-0.1, -0.05) is 80.6 Å². The number of amides is 3. The molecule has 3 amide bonds. The summed E-state index contributed by atoms with van der Waals surface area (Å²) in [6.07, 6.45) is 7.60. The number of likely N-dealkylation sites (tertiary alicyclic amines) is 1. The highest BCUT2D eigenvalue weighted by Crippen LogP contribution is 2.58. The molecule has 0 aromatic heterocycles. The predicted molar refractivity (Wildman–Crippen MR) is 164 cm³/mol. The number of fused-ring (bicyclic) bond motifs is 2. The smallest absolute Gasteiger partial charge is 0.253 e. The molecule has 0 radical (unpaired) electrons. The van der Waals surface area contributed by atoms with Crippen LogP contribution in [0.1, 0.15) is 37.5 Å². The summed E-state index contributed by atoms with van der Waals surface area (Å²) in [4.78, 5) is 49.1. The maximum absolute atomic E-state index is 14.8. The number of aryl methyl sites for hydroxylation is 2. The minimum atomic E-state index is -1.38. The molecule has 6 rings (SSSR count). The van der Waals surface area contributed by atoms with Gasteiger partial charge in [0.1, 0.15) is 11.6 Å². The fourth-order valence-corrected chi connectivity index (χ4v) is 7.66. The molecular formula is C35H41N3O5. The number of carbonyl (C=O) groups excluding carboxylic acids is 3. The van der Waals surface area contributed by atoms with Gasteiger partial charge in [-0.2, -0.15) is 0 Å². The lowest BCUT2D eigenvalue weighted by Crippen LogP contribution is -2.59. The highest BCUT2D eigenvalue weighted by Gasteiger charge is 2.75. The Balaban J connectivity index is 1.48. The van der Waals surface area contributed by atoms with Crippen LogP contribution in [-0.2, 0) is 25.7 Å². The van der Waals surface area contributed by atoms with Gasteiger partial charge in [0.15, 0.2) is 0 Å². The first-order valence-corrected chi connectivity index (χ1v) is 15.2. The van der Waals surface area contributed by atoms with Crippen LogP contribution in [-0.4, -0.2) is 75.6 Å². The van der Waals surface area contributed by atoms with E-state index < -0.39 is 35.1 Å². The number of benzene rings is 2. The largest absolute Gasteiger partial charge is 0.394 e. The second-order valence-electron chi connectivity index (χ2n) is 13.0. The summed E-state index contributed by atoms with van der Waals surface area (Å²) in [7, 11) is 0. The molecule has 4 heterocycles. The Labute approximate surface area is 253 Å². The summed E-state index contributed by atoms with van der Waals surface area (Å²) < 4.78 is 6.97. The van der Waals surface area contributed by atoms with Gasteiger partial charge in [-0.15, -0.1) is 0 Å². The quantitative estimate of drug-likeness (QED) is 0.523. The van der Waals surface area contributed by atoms with Crippen molar-refractivity contribution in [2.24, 2.45) is 17.8 Å². The van der Waals surface area contributed by atoms with Gasteiger partial charge in [0.25, 0.3) is 5.91 Å². The lowest BCUT2D eigenvalue weighted by atomic mass is 9.74. The van der Waals surface area contributed by atoms with Gasteiger partial charge in [-0.05, 0) is 49.4 Å². The van der Waals surface area contributed by atoms with Crippen LogP contribution < -0.4 is 4.90 Å². The van der Waals surface area contributed by atoms with Gasteiger partial charge >= 0.3 is 0 Å². The van der Waals surface area contributed by atoms with Crippen LogP contribution in [0.15, 0.2) is 72.8 Å². The molecule has 1 N–H and O–H groups in total. The van der Waals surface area contributed by atoms with E-state index in [9.17, 15) is 19.5 Å². The first-order valence-electron chi connectivity index (χ1n) is 15.2. The second kappa shape index (κ2) is 10.8. The zero-order valence-electron chi connectivity index (χ0n) is 25.6. The zero-order chi connectivity index (χ0) is 30.7. The molecule has 43 heavy (non-hydrogen) atoms. The fourth-order valence-electron chi connectivity index (χ4n) is 7.66. The van der Waals surface area contributed by atoms with Crippen LogP contribution in [0.2, 0.25) is 0 Å². The average molecular weight is 584 g/mol. The molecule has 2 aromatic carbocycles. The summed E-state index contributed by atoms with van der Waals surface area (Å²) >= 11 is 0. The standard InChI is InChI=1S/C35H41N3O5/c1-22(2)27(21-39)38-30-33(42)37(26-19-23(3)13-14-24(26)4)18-10-16-35(30)29(32(38)41)28-31(40)36(17-9-15-34(28,5)43-35)20-25-11-7-6-8-12-25/h6-16,19,22,27-30,39H,17-18,20-21H2,1-5H3/t27-,28-,29-,30?,34+,35-/m0/s1. The van der Waals surface area contributed by atoms with Gasteiger partial charge < -0.3 is 24.5 Å². The molecule has 0 bridgehead atoms. The van der Waals surface area contributed by atoms with E-state index in [4.69, 9.17) is 4.74 Å². The number of aliphatic hydroxyl groups is 1. The molecule has 226 valence electrons. The molecule has 8 heteroatoms. The third-order valence-electron chi connectivity index (χ3n) is 9.76. The number of nitrogens with zero attached hydrogens (tertiary/aromatic N) is 3. The van der Waals surface area contributed by atoms with Gasteiger partial charge in [0, 0.05) is 25.3 Å². The first-order chi connectivity index (χ1) is 20.5. The minimum absolute atomic E-state index is 0.135. The summed E-state index contributed by atoms with van der Waals surface area (Å²) in [5, 5.41) is 10.6. The molecule has 2 aromatic rings. The van der Waals surface area contributed by atoms with E-state index in [0.717, 1.165) is 22.4 Å². The van der Waals surface area contributed by atoms with E-state index in [1.165, 1.54) is 0 Å². The number of ether oxygens (including phenoxy) is 1. The van der Waals surface area contributed by atoms with Crippen molar-refractivity contribution in [1.82, 2.24) is 9.80 Å². The summed E-state index contributed by atoms with van der Waals surface area (Å²) in [6.45, 7) is 10.5. The summed E-state index contributed by atoms with van der Waals surface area (Å²) in [6, 6.07) is 14.1. The van der Waals surface area contributed by atoms with E-state index in [1.54, 1.807) is 14.7 Å². The Bertz CT molecular complexity index is 1500. The lowest BCUT2D eigenvalue weighted by molar-refractivity contribution is -0.152. The van der Waals surface area contributed by atoms with Crippen LogP contribution in [0.4, 0.5) is 5.69 Å². The molecule has 1 spiro atoms. The maximum Gasteiger partial charge on any atom is 0.253 e. The highest BCUT2D eigenvalue weighted by atomic mass is 16.5. The number of carbonyl (C=O) groups is 3. The van der Waals surface area contributed by atoms with Crippen molar-refractivity contribution in [3.8, 4) is 0 Å². The Morgan fingerprint density at radius 1 is 0.930 bits per heavy atom. The Morgan fingerprint density at radius 2 is 1.65 bits per heavy atom. The highest BCUT2D eigenvalue weighted by molar-refractivity contribution is 6.06. The zero-order valence-corrected chi connectivity index (χ0v) is 25.6. The molecule has 1 unspecified atom stereocenters. The summed E-state index contributed by atoms with van der Waals surface area (Å²) in [5.41, 5.74) is 1.25. The van der Waals surface area contributed by atoms with Crippen LogP contribution in [0.5, 0.6) is 0 Å². The molecule has 2 fully saturated rings. The lowest BCUT2D eigenvalue weighted by Gasteiger charge is -2.41. The van der Waals surface area contributed by atoms with Gasteiger partial charge in [0.2, 0.25) is 11.8 Å². The molecule has 0 saturated carbocycles. The van der Waals surface area contributed by atoms with Crippen molar-refractivity contribution in [3.63, 3.8) is 0 Å². The van der Waals surface area contributed by atoms with Gasteiger partial charge in [-0.25, -0.2) is 0 Å². The van der Waals surface area contributed by atoms with Crippen LogP contribution in [0.25, 0.3) is 0 Å². The van der Waals surface area contributed by atoms with Crippen molar-refractivity contribution in [3.05, 3.63) is 89.5 Å². The van der Waals surface area contributed by atoms with E-state index >= 15 is 0 Å². The van der Waals surface area contributed by atoms with Crippen LogP contribution in [0.3, 0.4) is 0 Å².